The molecule has 28 heavy (non-hydrogen) atoms. The molecule has 0 unspecified atom stereocenters. The first-order valence-corrected chi connectivity index (χ1v) is 8.67. The number of nitrogens with one attached hydrogen (secondary N) is 1. The van der Waals surface area contributed by atoms with Gasteiger partial charge in [0, 0.05) is 22.5 Å². The highest BCUT2D eigenvalue weighted by atomic mass is 35.5. The number of nitrogens with zero attached hydrogens (tertiary/aromatic N) is 1. The minimum atomic E-state index is -0.717. The summed E-state index contributed by atoms with van der Waals surface area (Å²) < 4.78 is 10.00. The van der Waals surface area contributed by atoms with Crippen molar-refractivity contribution in [3.8, 4) is 5.75 Å². The largest absolute Gasteiger partial charge is 0.495 e. The van der Waals surface area contributed by atoms with Gasteiger partial charge in [-0.15, -0.1) is 0 Å². The van der Waals surface area contributed by atoms with Crippen LogP contribution in [-0.4, -0.2) is 42.9 Å². The fraction of sp³-hybridized carbons (Fsp3) is 0.150. The molecule has 1 aliphatic rings. The summed E-state index contributed by atoms with van der Waals surface area (Å²) >= 11 is 5.99. The Bertz CT molecular complexity index is 938. The van der Waals surface area contributed by atoms with Crippen molar-refractivity contribution in [3.63, 3.8) is 0 Å². The third-order valence-corrected chi connectivity index (χ3v) is 4.42. The third kappa shape index (κ3) is 3.99. The van der Waals surface area contributed by atoms with Gasteiger partial charge in [0.05, 0.1) is 12.1 Å². The summed E-state index contributed by atoms with van der Waals surface area (Å²) in [6.07, 6.45) is 0. The number of esters is 1. The smallest absolute Gasteiger partial charge is 0.326 e. The van der Waals surface area contributed by atoms with Crippen LogP contribution in [0.1, 0.15) is 15.9 Å². The van der Waals surface area contributed by atoms with Crippen molar-refractivity contribution in [3.05, 3.63) is 65.2 Å². The summed E-state index contributed by atoms with van der Waals surface area (Å²) in [5.41, 5.74) is 2.02. The SMILES string of the molecule is C=C1c2ccccc2C(=O)N1CC(=O)OCC(=O)Nc1ccc(OC)c(Cl)c1. The molecule has 3 rings (SSSR count). The number of benzene rings is 2. The Morgan fingerprint density at radius 1 is 1.18 bits per heavy atom. The number of anilines is 1. The highest BCUT2D eigenvalue weighted by Gasteiger charge is 2.32. The summed E-state index contributed by atoms with van der Waals surface area (Å²) in [5, 5.41) is 2.90. The average molecular weight is 401 g/mol. The van der Waals surface area contributed by atoms with E-state index in [1.807, 2.05) is 0 Å². The van der Waals surface area contributed by atoms with E-state index in [1.165, 1.54) is 18.1 Å². The zero-order valence-electron chi connectivity index (χ0n) is 15.0. The highest BCUT2D eigenvalue weighted by molar-refractivity contribution is 6.32. The fourth-order valence-corrected chi connectivity index (χ4v) is 3.02. The summed E-state index contributed by atoms with van der Waals surface area (Å²) in [4.78, 5) is 37.6. The number of ether oxygens (including phenoxy) is 2. The van der Waals surface area contributed by atoms with Crippen molar-refractivity contribution in [2.75, 3.05) is 25.6 Å². The number of hydrogen-bond donors (Lipinski definition) is 1. The van der Waals surface area contributed by atoms with Crippen LogP contribution in [0.5, 0.6) is 5.75 Å². The Balaban J connectivity index is 1.52. The van der Waals surface area contributed by atoms with Crippen molar-refractivity contribution >= 4 is 40.8 Å². The van der Waals surface area contributed by atoms with Crippen LogP contribution in [0.25, 0.3) is 5.70 Å². The maximum atomic E-state index is 12.4. The lowest BCUT2D eigenvalue weighted by Crippen LogP contribution is -2.32. The molecule has 0 radical (unpaired) electrons. The highest BCUT2D eigenvalue weighted by Crippen LogP contribution is 2.31. The second kappa shape index (κ2) is 8.14. The number of rotatable bonds is 6. The molecule has 2 aromatic carbocycles. The van der Waals surface area contributed by atoms with E-state index in [1.54, 1.807) is 36.4 Å². The average Bonchev–Trinajstić information content (AvgIpc) is 2.92. The van der Waals surface area contributed by atoms with Crippen molar-refractivity contribution in [2.45, 2.75) is 0 Å². The van der Waals surface area contributed by atoms with Crippen LogP contribution in [0, 0.1) is 0 Å². The van der Waals surface area contributed by atoms with Gasteiger partial charge < -0.3 is 14.8 Å². The first kappa shape index (κ1) is 19.4. The maximum Gasteiger partial charge on any atom is 0.326 e. The molecule has 7 nitrogen and oxygen atoms in total. The van der Waals surface area contributed by atoms with Gasteiger partial charge in [-0.3, -0.25) is 19.3 Å². The van der Waals surface area contributed by atoms with Crippen LogP contribution < -0.4 is 10.1 Å². The van der Waals surface area contributed by atoms with Crippen LogP contribution >= 0.6 is 11.6 Å². The standard InChI is InChI=1S/C20H17ClN2O5/c1-12-14-5-3-4-6-15(14)20(26)23(12)10-19(25)28-11-18(24)22-13-7-8-17(27-2)16(21)9-13/h3-9H,1,10-11H2,2H3,(H,22,24). The molecule has 0 bridgehead atoms. The van der Waals surface area contributed by atoms with E-state index in [0.717, 1.165) is 0 Å². The van der Waals surface area contributed by atoms with E-state index in [-0.39, 0.29) is 12.5 Å². The first-order chi connectivity index (χ1) is 13.4. The summed E-state index contributed by atoms with van der Waals surface area (Å²) in [6.45, 7) is 3.03. The second-order valence-electron chi connectivity index (χ2n) is 5.94. The van der Waals surface area contributed by atoms with Gasteiger partial charge in [-0.25, -0.2) is 0 Å². The van der Waals surface area contributed by atoms with Crippen molar-refractivity contribution < 1.29 is 23.9 Å². The Hall–Kier alpha value is -3.32. The molecule has 0 spiro atoms. The van der Waals surface area contributed by atoms with Crippen molar-refractivity contribution in [1.29, 1.82) is 0 Å². The zero-order valence-corrected chi connectivity index (χ0v) is 15.8. The fourth-order valence-electron chi connectivity index (χ4n) is 2.76. The zero-order chi connectivity index (χ0) is 20.3. The lowest BCUT2D eigenvalue weighted by molar-refractivity contribution is -0.147. The lowest BCUT2D eigenvalue weighted by atomic mass is 10.1. The molecular formula is C20H17ClN2O5. The molecule has 144 valence electrons. The Labute approximate surface area is 166 Å². The van der Waals surface area contributed by atoms with Crippen LogP contribution in [0.3, 0.4) is 0 Å². The lowest BCUT2D eigenvalue weighted by Gasteiger charge is -2.16. The van der Waals surface area contributed by atoms with Crippen LogP contribution in [0.15, 0.2) is 49.0 Å². The number of halogens is 1. The number of fused-ring (bicyclic) bond motifs is 1. The van der Waals surface area contributed by atoms with Gasteiger partial charge in [0.25, 0.3) is 11.8 Å². The van der Waals surface area contributed by atoms with Gasteiger partial charge >= 0.3 is 5.97 Å². The van der Waals surface area contributed by atoms with E-state index in [9.17, 15) is 14.4 Å². The second-order valence-corrected chi connectivity index (χ2v) is 6.35. The van der Waals surface area contributed by atoms with E-state index < -0.39 is 18.5 Å². The van der Waals surface area contributed by atoms with Crippen LogP contribution in [0.2, 0.25) is 5.02 Å². The van der Waals surface area contributed by atoms with Crippen LogP contribution in [0.4, 0.5) is 5.69 Å². The number of hydrogen-bond acceptors (Lipinski definition) is 5. The van der Waals surface area contributed by atoms with Gasteiger partial charge in [-0.2, -0.15) is 0 Å². The normalized spacial score (nSPS) is 12.6. The Morgan fingerprint density at radius 2 is 1.89 bits per heavy atom. The number of carbonyl (C=O) groups is 3. The van der Waals surface area contributed by atoms with Gasteiger partial charge in [0.15, 0.2) is 6.61 Å². The molecule has 0 atom stereocenters. The van der Waals surface area contributed by atoms with Gasteiger partial charge in [-0.1, -0.05) is 36.4 Å². The molecule has 0 aliphatic carbocycles. The summed E-state index contributed by atoms with van der Waals surface area (Å²) in [6, 6.07) is 11.7. The third-order valence-electron chi connectivity index (χ3n) is 4.13. The number of methoxy groups -OCH3 is 1. The molecule has 0 fully saturated rings. The molecular weight excluding hydrogens is 384 g/mol. The monoisotopic (exact) mass is 400 g/mol. The molecule has 0 saturated heterocycles. The number of carbonyl (C=O) groups excluding carboxylic acids is 3. The molecule has 1 N–H and O–H groups in total. The van der Waals surface area contributed by atoms with E-state index in [0.29, 0.717) is 33.3 Å². The van der Waals surface area contributed by atoms with Gasteiger partial charge in [0.2, 0.25) is 0 Å². The van der Waals surface area contributed by atoms with Crippen molar-refractivity contribution in [1.82, 2.24) is 4.90 Å². The topological polar surface area (TPSA) is 84.9 Å². The molecule has 8 heteroatoms. The molecule has 1 aliphatic heterocycles. The Morgan fingerprint density at radius 3 is 2.54 bits per heavy atom. The minimum absolute atomic E-state index is 0.324. The van der Waals surface area contributed by atoms with Gasteiger partial charge in [-0.05, 0) is 24.3 Å². The van der Waals surface area contributed by atoms with E-state index in [4.69, 9.17) is 21.1 Å². The predicted molar refractivity (Wildman–Crippen MR) is 104 cm³/mol. The molecule has 0 aromatic heterocycles. The summed E-state index contributed by atoms with van der Waals surface area (Å²) in [5.74, 6) is -1.10. The van der Waals surface area contributed by atoms with Crippen molar-refractivity contribution in [2.24, 2.45) is 0 Å². The predicted octanol–water partition coefficient (Wildman–Crippen LogP) is 2.96. The van der Waals surface area contributed by atoms with E-state index in [2.05, 4.69) is 11.9 Å². The maximum absolute atomic E-state index is 12.4. The Kier molecular flexibility index (Phi) is 5.65. The first-order valence-electron chi connectivity index (χ1n) is 8.30. The van der Waals surface area contributed by atoms with Crippen LogP contribution in [-0.2, 0) is 14.3 Å². The quantitative estimate of drug-likeness (QED) is 0.753. The van der Waals surface area contributed by atoms with E-state index >= 15 is 0 Å². The number of amides is 2. The van der Waals surface area contributed by atoms with Gasteiger partial charge in [0.1, 0.15) is 12.3 Å². The summed E-state index contributed by atoms with van der Waals surface area (Å²) in [7, 11) is 1.48. The molecule has 2 amide bonds. The molecule has 1 heterocycles. The molecule has 0 saturated carbocycles. The molecule has 2 aromatic rings. The minimum Gasteiger partial charge on any atom is -0.495 e.